The molecule has 0 spiro atoms. The zero-order valence-corrected chi connectivity index (χ0v) is 12.4. The van der Waals surface area contributed by atoms with Gasteiger partial charge in [0, 0.05) is 7.11 Å². The van der Waals surface area contributed by atoms with E-state index in [1.807, 2.05) is 41.5 Å². The van der Waals surface area contributed by atoms with Gasteiger partial charge in [-0.1, -0.05) is 41.5 Å². The maximum atomic E-state index is 12.0. The molecule has 0 saturated carbocycles. The van der Waals surface area contributed by atoms with Crippen molar-refractivity contribution in [3.8, 4) is 0 Å². The highest BCUT2D eigenvalue weighted by molar-refractivity contribution is 5.97. The van der Waals surface area contributed by atoms with Gasteiger partial charge in [-0.2, -0.15) is 0 Å². The highest BCUT2D eigenvalue weighted by atomic mass is 16.6. The summed E-state index contributed by atoms with van der Waals surface area (Å²) < 4.78 is 10.3. The van der Waals surface area contributed by atoms with E-state index in [0.29, 0.717) is 0 Å². The second kappa shape index (κ2) is 4.65. The van der Waals surface area contributed by atoms with E-state index >= 15 is 0 Å². The third-order valence-corrected chi connectivity index (χ3v) is 3.45. The first kappa shape index (κ1) is 15.2. The van der Waals surface area contributed by atoms with E-state index in [1.165, 1.54) is 0 Å². The van der Waals surface area contributed by atoms with Gasteiger partial charge in [-0.05, 0) is 10.8 Å². The second-order valence-electron chi connectivity index (χ2n) is 7.13. The Labute approximate surface area is 109 Å². The van der Waals surface area contributed by atoms with E-state index in [-0.39, 0.29) is 16.9 Å². The van der Waals surface area contributed by atoms with E-state index in [0.717, 1.165) is 0 Å². The van der Waals surface area contributed by atoms with Crippen molar-refractivity contribution in [2.45, 2.75) is 47.6 Å². The van der Waals surface area contributed by atoms with Crippen molar-refractivity contribution >= 4 is 11.9 Å². The van der Waals surface area contributed by atoms with Gasteiger partial charge in [0.05, 0.1) is 17.9 Å². The van der Waals surface area contributed by atoms with Crippen LogP contribution in [0.2, 0.25) is 0 Å². The molecule has 0 bridgehead atoms. The minimum Gasteiger partial charge on any atom is -0.393 e. The van der Waals surface area contributed by atoms with Crippen LogP contribution in [0.4, 0.5) is 0 Å². The highest BCUT2D eigenvalue weighted by Gasteiger charge is 2.55. The lowest BCUT2D eigenvalue weighted by atomic mass is 9.68. The van der Waals surface area contributed by atoms with Crippen LogP contribution in [-0.4, -0.2) is 25.2 Å². The third-order valence-electron chi connectivity index (χ3n) is 3.45. The van der Waals surface area contributed by atoms with Crippen LogP contribution < -0.4 is 0 Å². The fraction of sp³-hybridized carbons (Fsp3) is 0.857. The number of carbonyl (C=O) groups excluding carboxylic acids is 2. The van der Waals surface area contributed by atoms with Crippen molar-refractivity contribution in [1.82, 2.24) is 0 Å². The number of cyclic esters (lactones) is 2. The van der Waals surface area contributed by atoms with Gasteiger partial charge in [-0.3, -0.25) is 9.59 Å². The lowest BCUT2D eigenvalue weighted by Gasteiger charge is -2.37. The molecule has 0 aromatic carbocycles. The minimum absolute atomic E-state index is 0.230. The Morgan fingerprint density at radius 2 is 1.56 bits per heavy atom. The molecule has 104 valence electrons. The summed E-state index contributed by atoms with van der Waals surface area (Å²) >= 11 is 0. The average Bonchev–Trinajstić information content (AvgIpc) is 2.39. The van der Waals surface area contributed by atoms with E-state index in [1.54, 1.807) is 7.11 Å². The zero-order chi connectivity index (χ0) is 14.3. The van der Waals surface area contributed by atoms with Crippen molar-refractivity contribution in [3.05, 3.63) is 0 Å². The normalized spacial score (nSPS) is 27.3. The summed E-state index contributed by atoms with van der Waals surface area (Å²) in [6.07, 6.45) is -0.333. The highest BCUT2D eigenvalue weighted by Crippen LogP contribution is 2.44. The number of hydrogen-bond acceptors (Lipinski definition) is 4. The first-order valence-corrected chi connectivity index (χ1v) is 6.28. The molecule has 0 amide bonds. The van der Waals surface area contributed by atoms with Crippen LogP contribution in [0.3, 0.4) is 0 Å². The molecule has 0 N–H and O–H groups in total. The maximum absolute atomic E-state index is 12.0. The fourth-order valence-corrected chi connectivity index (χ4v) is 2.74. The number of esters is 2. The lowest BCUT2D eigenvalue weighted by Crippen LogP contribution is -2.44. The summed E-state index contributed by atoms with van der Waals surface area (Å²) in [5.74, 6) is -1.86. The first-order chi connectivity index (χ1) is 8.00. The molecule has 0 aromatic rings. The molecule has 3 atom stereocenters. The molecule has 4 heteroatoms. The van der Waals surface area contributed by atoms with Crippen LogP contribution in [0.5, 0.6) is 0 Å². The van der Waals surface area contributed by atoms with Gasteiger partial charge in [0.1, 0.15) is 0 Å². The monoisotopic (exact) mass is 256 g/mol. The molecule has 1 fully saturated rings. The molecule has 1 aliphatic rings. The van der Waals surface area contributed by atoms with Crippen LogP contribution in [0.15, 0.2) is 0 Å². The predicted molar refractivity (Wildman–Crippen MR) is 67.8 cm³/mol. The summed E-state index contributed by atoms with van der Waals surface area (Å²) in [7, 11) is 1.58. The number of ether oxygens (including phenoxy) is 2. The Morgan fingerprint density at radius 3 is 1.89 bits per heavy atom. The smallest absolute Gasteiger partial charge is 0.320 e. The molecule has 4 nitrogen and oxygen atoms in total. The average molecular weight is 256 g/mol. The molecule has 18 heavy (non-hydrogen) atoms. The number of methoxy groups -OCH3 is 1. The van der Waals surface area contributed by atoms with Crippen LogP contribution in [-0.2, 0) is 19.1 Å². The lowest BCUT2D eigenvalue weighted by molar-refractivity contribution is -0.155. The van der Waals surface area contributed by atoms with Crippen molar-refractivity contribution in [3.63, 3.8) is 0 Å². The van der Waals surface area contributed by atoms with E-state index < -0.39 is 23.8 Å². The van der Waals surface area contributed by atoms with Crippen molar-refractivity contribution < 1.29 is 19.1 Å². The van der Waals surface area contributed by atoms with Gasteiger partial charge >= 0.3 is 11.9 Å². The van der Waals surface area contributed by atoms with Gasteiger partial charge < -0.3 is 9.47 Å². The molecule has 1 aliphatic heterocycles. The van der Waals surface area contributed by atoms with Gasteiger partial charge in [0.15, 0.2) is 0 Å². The van der Waals surface area contributed by atoms with E-state index in [9.17, 15) is 9.59 Å². The van der Waals surface area contributed by atoms with E-state index in [2.05, 4.69) is 0 Å². The number of rotatable bonds is 2. The second-order valence-corrected chi connectivity index (χ2v) is 7.13. The fourth-order valence-electron chi connectivity index (χ4n) is 2.74. The molecular formula is C14H24O4. The summed E-state index contributed by atoms with van der Waals surface area (Å²) in [6.45, 7) is 11.8. The zero-order valence-electron chi connectivity index (χ0n) is 12.4. The Morgan fingerprint density at radius 1 is 1.06 bits per heavy atom. The van der Waals surface area contributed by atoms with Crippen molar-refractivity contribution in [1.29, 1.82) is 0 Å². The summed E-state index contributed by atoms with van der Waals surface area (Å²) in [6, 6.07) is 0. The SMILES string of the molecule is COC(C1C(=O)OC(=O)C1C(C)(C)C)C(C)(C)C. The maximum Gasteiger partial charge on any atom is 0.320 e. The van der Waals surface area contributed by atoms with Crippen LogP contribution in [0.1, 0.15) is 41.5 Å². The van der Waals surface area contributed by atoms with Crippen LogP contribution >= 0.6 is 0 Å². The molecule has 0 aliphatic carbocycles. The molecule has 3 unspecified atom stereocenters. The molecule has 1 saturated heterocycles. The van der Waals surface area contributed by atoms with Crippen LogP contribution in [0, 0.1) is 22.7 Å². The van der Waals surface area contributed by atoms with Gasteiger partial charge in [0.25, 0.3) is 0 Å². The van der Waals surface area contributed by atoms with Crippen LogP contribution in [0.25, 0.3) is 0 Å². The standard InChI is InChI=1S/C14H24O4/c1-13(2,3)9-8(11(15)18-12(9)16)10(17-7)14(4,5)6/h8-10H,1-7H3. The van der Waals surface area contributed by atoms with Crippen molar-refractivity contribution in [2.24, 2.45) is 22.7 Å². The third kappa shape index (κ3) is 2.74. The molecular weight excluding hydrogens is 232 g/mol. The summed E-state index contributed by atoms with van der Waals surface area (Å²) in [4.78, 5) is 23.9. The molecule has 1 heterocycles. The molecule has 0 aromatic heterocycles. The van der Waals surface area contributed by atoms with E-state index in [4.69, 9.17) is 9.47 Å². The quantitative estimate of drug-likeness (QED) is 0.562. The Hall–Kier alpha value is -0.900. The molecule has 1 rings (SSSR count). The number of carbonyl (C=O) groups is 2. The topological polar surface area (TPSA) is 52.6 Å². The Bertz CT molecular complexity index is 346. The summed E-state index contributed by atoms with van der Waals surface area (Å²) in [5.41, 5.74) is -0.553. The van der Waals surface area contributed by atoms with Crippen molar-refractivity contribution in [2.75, 3.05) is 7.11 Å². The minimum atomic E-state index is -0.525. The summed E-state index contributed by atoms with van der Waals surface area (Å²) in [5, 5.41) is 0. The first-order valence-electron chi connectivity index (χ1n) is 6.28. The largest absolute Gasteiger partial charge is 0.393 e. The Balaban J connectivity index is 3.18. The number of hydrogen-bond donors (Lipinski definition) is 0. The van der Waals surface area contributed by atoms with Gasteiger partial charge in [-0.15, -0.1) is 0 Å². The van der Waals surface area contributed by atoms with Gasteiger partial charge in [0.2, 0.25) is 0 Å². The van der Waals surface area contributed by atoms with Gasteiger partial charge in [-0.25, -0.2) is 0 Å². The Kier molecular flexibility index (Phi) is 3.92. The molecule has 0 radical (unpaired) electrons. The predicted octanol–water partition coefficient (Wildman–Crippen LogP) is 2.41.